The summed E-state index contributed by atoms with van der Waals surface area (Å²) in [7, 11) is 0. The maximum absolute atomic E-state index is 14.4. The van der Waals surface area contributed by atoms with E-state index in [9.17, 15) is 14.0 Å². The van der Waals surface area contributed by atoms with Gasteiger partial charge < -0.3 is 5.32 Å². The average Bonchev–Trinajstić information content (AvgIpc) is 2.67. The van der Waals surface area contributed by atoms with Crippen LogP contribution in [0.4, 0.5) is 4.39 Å². The standard InChI is InChI=1S/C21H22FN3O2S/c1-13(2)14(3)23-19(26)12-28-21-24-17-10-6-4-8-15(17)20(27)25(21)18-11-7-5-9-16(18)22/h4-11,13-14H,12H2,1-3H3,(H,23,26)/t14-/m0/s1. The Balaban J connectivity index is 2.01. The van der Waals surface area contributed by atoms with Gasteiger partial charge in [-0.2, -0.15) is 0 Å². The number of thioether (sulfide) groups is 1. The zero-order valence-electron chi connectivity index (χ0n) is 16.0. The van der Waals surface area contributed by atoms with E-state index >= 15 is 0 Å². The van der Waals surface area contributed by atoms with Crippen LogP contribution < -0.4 is 10.9 Å². The molecule has 2 aromatic carbocycles. The van der Waals surface area contributed by atoms with Gasteiger partial charge in [-0.3, -0.25) is 14.2 Å². The molecule has 1 atom stereocenters. The molecule has 5 nitrogen and oxygen atoms in total. The molecule has 1 heterocycles. The van der Waals surface area contributed by atoms with E-state index in [4.69, 9.17) is 0 Å². The molecule has 3 rings (SSSR count). The number of rotatable bonds is 6. The number of nitrogens with zero attached hydrogens (tertiary/aromatic N) is 2. The van der Waals surface area contributed by atoms with Crippen LogP contribution in [0.5, 0.6) is 0 Å². The minimum atomic E-state index is -0.526. The molecule has 0 aliphatic rings. The lowest BCUT2D eigenvalue weighted by Gasteiger charge is -2.18. The molecule has 1 amide bonds. The van der Waals surface area contributed by atoms with Gasteiger partial charge in [0.15, 0.2) is 5.16 Å². The molecule has 7 heteroatoms. The third-order valence-electron chi connectivity index (χ3n) is 4.56. The SMILES string of the molecule is CC(C)[C@H](C)NC(=O)CSc1nc2ccccc2c(=O)n1-c1ccccc1F. The fourth-order valence-electron chi connectivity index (χ4n) is 2.65. The highest BCUT2D eigenvalue weighted by molar-refractivity contribution is 7.99. The van der Waals surface area contributed by atoms with Gasteiger partial charge in [0.05, 0.1) is 22.3 Å². The molecule has 0 saturated carbocycles. The number of benzene rings is 2. The minimum absolute atomic E-state index is 0.0337. The predicted octanol–water partition coefficient (Wildman–Crippen LogP) is 3.78. The van der Waals surface area contributed by atoms with E-state index in [1.165, 1.54) is 16.7 Å². The van der Waals surface area contributed by atoms with Crippen LogP contribution in [0.3, 0.4) is 0 Å². The van der Waals surface area contributed by atoms with E-state index in [0.717, 1.165) is 11.8 Å². The second-order valence-electron chi connectivity index (χ2n) is 6.89. The first-order valence-corrected chi connectivity index (χ1v) is 10.1. The van der Waals surface area contributed by atoms with Crippen molar-refractivity contribution in [1.29, 1.82) is 0 Å². The molecule has 1 aromatic heterocycles. The van der Waals surface area contributed by atoms with Gasteiger partial charge in [0.25, 0.3) is 5.56 Å². The highest BCUT2D eigenvalue weighted by Crippen LogP contribution is 2.22. The van der Waals surface area contributed by atoms with Crippen molar-refractivity contribution >= 4 is 28.6 Å². The number of hydrogen-bond donors (Lipinski definition) is 1. The van der Waals surface area contributed by atoms with Crippen LogP contribution in [0.2, 0.25) is 0 Å². The zero-order valence-corrected chi connectivity index (χ0v) is 16.8. The Hall–Kier alpha value is -2.67. The fraction of sp³-hybridized carbons (Fsp3) is 0.286. The predicted molar refractivity (Wildman–Crippen MR) is 110 cm³/mol. The molecule has 0 aliphatic carbocycles. The minimum Gasteiger partial charge on any atom is -0.353 e. The zero-order chi connectivity index (χ0) is 20.3. The van der Waals surface area contributed by atoms with Gasteiger partial charge in [-0.25, -0.2) is 9.37 Å². The molecule has 146 valence electrons. The Morgan fingerprint density at radius 1 is 1.14 bits per heavy atom. The van der Waals surface area contributed by atoms with Gasteiger partial charge in [0.1, 0.15) is 5.82 Å². The molecule has 0 aliphatic heterocycles. The smallest absolute Gasteiger partial charge is 0.266 e. The quantitative estimate of drug-likeness (QED) is 0.506. The van der Waals surface area contributed by atoms with Gasteiger partial charge >= 0.3 is 0 Å². The van der Waals surface area contributed by atoms with Crippen LogP contribution in [0, 0.1) is 11.7 Å². The first kappa shape index (κ1) is 20.1. The Bertz CT molecular complexity index is 1060. The summed E-state index contributed by atoms with van der Waals surface area (Å²) in [5.41, 5.74) is 0.261. The average molecular weight is 399 g/mol. The maximum atomic E-state index is 14.4. The van der Waals surface area contributed by atoms with Gasteiger partial charge in [0, 0.05) is 6.04 Å². The second kappa shape index (κ2) is 8.56. The lowest BCUT2D eigenvalue weighted by Crippen LogP contribution is -2.37. The van der Waals surface area contributed by atoms with Crippen molar-refractivity contribution in [2.45, 2.75) is 32.0 Å². The molecule has 0 radical (unpaired) electrons. The van der Waals surface area contributed by atoms with Crippen LogP contribution in [-0.2, 0) is 4.79 Å². The van der Waals surface area contributed by atoms with Crippen molar-refractivity contribution < 1.29 is 9.18 Å². The lowest BCUT2D eigenvalue weighted by molar-refractivity contribution is -0.119. The van der Waals surface area contributed by atoms with Crippen LogP contribution >= 0.6 is 11.8 Å². The number of carbonyl (C=O) groups excluding carboxylic acids is 1. The van der Waals surface area contributed by atoms with E-state index in [0.29, 0.717) is 16.8 Å². The first-order chi connectivity index (χ1) is 13.4. The molecule has 0 spiro atoms. The molecule has 0 bridgehead atoms. The summed E-state index contributed by atoms with van der Waals surface area (Å²) in [4.78, 5) is 29.8. The van der Waals surface area contributed by atoms with Gasteiger partial charge in [-0.1, -0.05) is 49.9 Å². The summed E-state index contributed by atoms with van der Waals surface area (Å²) in [6.45, 7) is 5.99. The number of para-hydroxylation sites is 2. The van der Waals surface area contributed by atoms with Crippen LogP contribution in [0.15, 0.2) is 58.5 Å². The third-order valence-corrected chi connectivity index (χ3v) is 5.50. The summed E-state index contributed by atoms with van der Waals surface area (Å²) in [5, 5.41) is 3.60. The van der Waals surface area contributed by atoms with Crippen molar-refractivity contribution in [2.24, 2.45) is 5.92 Å². The van der Waals surface area contributed by atoms with Gasteiger partial charge in [0.2, 0.25) is 5.91 Å². The van der Waals surface area contributed by atoms with Crippen LogP contribution in [-0.4, -0.2) is 27.3 Å². The van der Waals surface area contributed by atoms with E-state index in [-0.39, 0.29) is 34.1 Å². The fourth-order valence-corrected chi connectivity index (χ4v) is 3.46. The Morgan fingerprint density at radius 2 is 1.82 bits per heavy atom. The summed E-state index contributed by atoms with van der Waals surface area (Å²) in [6.07, 6.45) is 0. The number of aromatic nitrogens is 2. The summed E-state index contributed by atoms with van der Waals surface area (Å²) in [5.74, 6) is -0.296. The van der Waals surface area contributed by atoms with Crippen molar-refractivity contribution in [1.82, 2.24) is 14.9 Å². The normalized spacial score (nSPS) is 12.3. The molecule has 0 fully saturated rings. The summed E-state index contributed by atoms with van der Waals surface area (Å²) < 4.78 is 15.7. The number of amides is 1. The second-order valence-corrected chi connectivity index (χ2v) is 7.83. The highest BCUT2D eigenvalue weighted by Gasteiger charge is 2.18. The largest absolute Gasteiger partial charge is 0.353 e. The number of hydrogen-bond acceptors (Lipinski definition) is 4. The monoisotopic (exact) mass is 399 g/mol. The molecule has 1 N–H and O–H groups in total. The molecular formula is C21H22FN3O2S. The van der Waals surface area contributed by atoms with Crippen LogP contribution in [0.1, 0.15) is 20.8 Å². The molecule has 3 aromatic rings. The van der Waals surface area contributed by atoms with Gasteiger partial charge in [-0.15, -0.1) is 0 Å². The summed E-state index contributed by atoms with van der Waals surface area (Å²) >= 11 is 1.11. The molecule has 0 saturated heterocycles. The lowest BCUT2D eigenvalue weighted by atomic mass is 10.1. The first-order valence-electron chi connectivity index (χ1n) is 9.07. The molecule has 28 heavy (non-hydrogen) atoms. The Morgan fingerprint density at radius 3 is 2.54 bits per heavy atom. The summed E-state index contributed by atoms with van der Waals surface area (Å²) in [6, 6.07) is 13.0. The molecular weight excluding hydrogens is 377 g/mol. The van der Waals surface area contributed by atoms with Gasteiger partial charge in [-0.05, 0) is 37.1 Å². The number of carbonyl (C=O) groups is 1. The van der Waals surface area contributed by atoms with Crippen molar-refractivity contribution in [3.8, 4) is 5.69 Å². The number of fused-ring (bicyclic) bond motifs is 1. The topological polar surface area (TPSA) is 64.0 Å². The maximum Gasteiger partial charge on any atom is 0.266 e. The van der Waals surface area contributed by atoms with E-state index in [1.807, 2.05) is 20.8 Å². The highest BCUT2D eigenvalue weighted by atomic mass is 32.2. The number of nitrogens with one attached hydrogen (secondary N) is 1. The molecule has 0 unspecified atom stereocenters. The van der Waals surface area contributed by atoms with Crippen LogP contribution in [0.25, 0.3) is 16.6 Å². The van der Waals surface area contributed by atoms with Crippen molar-refractivity contribution in [3.63, 3.8) is 0 Å². The van der Waals surface area contributed by atoms with E-state index < -0.39 is 5.82 Å². The van der Waals surface area contributed by atoms with Crippen molar-refractivity contribution in [2.75, 3.05) is 5.75 Å². The van der Waals surface area contributed by atoms with Crippen molar-refractivity contribution in [3.05, 3.63) is 64.7 Å². The number of halogens is 1. The Labute approximate surface area is 167 Å². The third kappa shape index (κ3) is 4.25. The Kier molecular flexibility index (Phi) is 6.14. The van der Waals surface area contributed by atoms with E-state index in [1.54, 1.807) is 36.4 Å². The van der Waals surface area contributed by atoms with E-state index in [2.05, 4.69) is 10.3 Å².